The standard InChI is InChI=1S/C15H15NO2/c1-17-14-9-7-12(8-10-14)15-6-4-3-5-13(15)11-16-18-2/h3-11H,1-2H3/b16-11+. The van der Waals surface area contributed by atoms with E-state index in [9.17, 15) is 0 Å². The van der Waals surface area contributed by atoms with Crippen LogP contribution < -0.4 is 4.74 Å². The molecule has 0 radical (unpaired) electrons. The largest absolute Gasteiger partial charge is 0.497 e. The number of hydrogen-bond acceptors (Lipinski definition) is 3. The van der Waals surface area contributed by atoms with Crippen LogP contribution in [0.3, 0.4) is 0 Å². The van der Waals surface area contributed by atoms with E-state index in [1.807, 2.05) is 42.5 Å². The summed E-state index contributed by atoms with van der Waals surface area (Å²) < 4.78 is 5.15. The van der Waals surface area contributed by atoms with Crippen molar-refractivity contribution in [2.45, 2.75) is 0 Å². The molecule has 0 aliphatic carbocycles. The van der Waals surface area contributed by atoms with Gasteiger partial charge in [-0.25, -0.2) is 0 Å². The second-order valence-corrected chi connectivity index (χ2v) is 3.73. The molecule has 0 aliphatic rings. The molecule has 18 heavy (non-hydrogen) atoms. The van der Waals surface area contributed by atoms with Crippen LogP contribution in [0.15, 0.2) is 53.7 Å². The summed E-state index contributed by atoms with van der Waals surface area (Å²) in [6.07, 6.45) is 1.71. The fourth-order valence-electron chi connectivity index (χ4n) is 1.75. The maximum Gasteiger partial charge on any atom is 0.118 e. The zero-order valence-corrected chi connectivity index (χ0v) is 10.5. The molecule has 0 amide bonds. The summed E-state index contributed by atoms with van der Waals surface area (Å²) in [6.45, 7) is 0. The Kier molecular flexibility index (Phi) is 3.97. The van der Waals surface area contributed by atoms with Crippen molar-refractivity contribution in [3.63, 3.8) is 0 Å². The first-order valence-electron chi connectivity index (χ1n) is 5.65. The van der Waals surface area contributed by atoms with Crippen molar-refractivity contribution in [3.8, 4) is 16.9 Å². The lowest BCUT2D eigenvalue weighted by atomic mass is 10.0. The first-order valence-corrected chi connectivity index (χ1v) is 5.65. The van der Waals surface area contributed by atoms with Gasteiger partial charge in [-0.1, -0.05) is 41.6 Å². The Hall–Kier alpha value is -2.29. The second kappa shape index (κ2) is 5.87. The van der Waals surface area contributed by atoms with Crippen molar-refractivity contribution in [1.29, 1.82) is 0 Å². The highest BCUT2D eigenvalue weighted by Crippen LogP contribution is 2.24. The quantitative estimate of drug-likeness (QED) is 0.607. The average molecular weight is 241 g/mol. The molecule has 0 N–H and O–H groups in total. The van der Waals surface area contributed by atoms with Crippen LogP contribution in [0.5, 0.6) is 5.75 Å². The summed E-state index contributed by atoms with van der Waals surface area (Å²) in [7, 11) is 3.20. The second-order valence-electron chi connectivity index (χ2n) is 3.73. The zero-order valence-electron chi connectivity index (χ0n) is 10.5. The van der Waals surface area contributed by atoms with Gasteiger partial charge in [0, 0.05) is 5.56 Å². The molecule has 0 saturated carbocycles. The monoisotopic (exact) mass is 241 g/mol. The minimum absolute atomic E-state index is 0.849. The molecule has 0 aromatic heterocycles. The van der Waals surface area contributed by atoms with Crippen LogP contribution >= 0.6 is 0 Å². The van der Waals surface area contributed by atoms with Gasteiger partial charge in [-0.05, 0) is 23.3 Å². The number of methoxy groups -OCH3 is 1. The lowest BCUT2D eigenvalue weighted by Crippen LogP contribution is -1.89. The molecule has 3 heteroatoms. The van der Waals surface area contributed by atoms with E-state index in [2.05, 4.69) is 11.2 Å². The van der Waals surface area contributed by atoms with Gasteiger partial charge in [0.05, 0.1) is 13.3 Å². The topological polar surface area (TPSA) is 30.8 Å². The minimum atomic E-state index is 0.849. The van der Waals surface area contributed by atoms with Crippen LogP contribution in [0.2, 0.25) is 0 Å². The number of hydrogen-bond donors (Lipinski definition) is 0. The van der Waals surface area contributed by atoms with E-state index in [1.165, 1.54) is 7.11 Å². The molecule has 92 valence electrons. The molecule has 0 fully saturated rings. The molecule has 0 unspecified atom stereocenters. The van der Waals surface area contributed by atoms with Crippen LogP contribution in [-0.4, -0.2) is 20.4 Å². The molecular weight excluding hydrogens is 226 g/mol. The average Bonchev–Trinajstić information content (AvgIpc) is 2.45. The fraction of sp³-hybridized carbons (Fsp3) is 0.133. The third kappa shape index (κ3) is 2.69. The molecule has 2 aromatic carbocycles. The fourth-order valence-corrected chi connectivity index (χ4v) is 1.75. The Morgan fingerprint density at radius 2 is 1.67 bits per heavy atom. The summed E-state index contributed by atoms with van der Waals surface area (Å²) in [5.41, 5.74) is 3.25. The van der Waals surface area contributed by atoms with Gasteiger partial charge in [-0.3, -0.25) is 0 Å². The molecular formula is C15H15NO2. The lowest BCUT2D eigenvalue weighted by Gasteiger charge is -2.06. The van der Waals surface area contributed by atoms with Gasteiger partial charge in [0.2, 0.25) is 0 Å². The Bertz CT molecular complexity index is 532. The van der Waals surface area contributed by atoms with Gasteiger partial charge >= 0.3 is 0 Å². The van der Waals surface area contributed by atoms with Gasteiger partial charge in [-0.2, -0.15) is 0 Å². The van der Waals surface area contributed by atoms with Gasteiger partial charge in [0.1, 0.15) is 12.9 Å². The molecule has 0 atom stereocenters. The third-order valence-electron chi connectivity index (χ3n) is 2.66. The van der Waals surface area contributed by atoms with E-state index in [0.717, 1.165) is 22.4 Å². The number of rotatable bonds is 4. The summed E-state index contributed by atoms with van der Waals surface area (Å²) in [5.74, 6) is 0.849. The van der Waals surface area contributed by atoms with Crippen LogP contribution in [-0.2, 0) is 4.84 Å². The maximum atomic E-state index is 5.15. The highest BCUT2D eigenvalue weighted by Gasteiger charge is 2.03. The van der Waals surface area contributed by atoms with E-state index >= 15 is 0 Å². The van der Waals surface area contributed by atoms with Crippen molar-refractivity contribution in [3.05, 3.63) is 54.1 Å². The van der Waals surface area contributed by atoms with Crippen molar-refractivity contribution < 1.29 is 9.57 Å². The highest BCUT2D eigenvalue weighted by molar-refractivity contribution is 5.90. The Morgan fingerprint density at radius 3 is 2.33 bits per heavy atom. The maximum absolute atomic E-state index is 5.15. The smallest absolute Gasteiger partial charge is 0.118 e. The SMILES string of the molecule is CO/N=C/c1ccccc1-c1ccc(OC)cc1. The van der Waals surface area contributed by atoms with Crippen molar-refractivity contribution >= 4 is 6.21 Å². The van der Waals surface area contributed by atoms with Gasteiger partial charge < -0.3 is 9.57 Å². The summed E-state index contributed by atoms with van der Waals surface area (Å²) >= 11 is 0. The summed E-state index contributed by atoms with van der Waals surface area (Å²) in [6, 6.07) is 16.0. The predicted octanol–water partition coefficient (Wildman–Crippen LogP) is 3.34. The first-order chi connectivity index (χ1) is 8.85. The van der Waals surface area contributed by atoms with Crippen LogP contribution in [0.25, 0.3) is 11.1 Å². The molecule has 2 rings (SSSR count). The zero-order chi connectivity index (χ0) is 12.8. The molecule has 0 saturated heterocycles. The molecule has 0 aliphatic heterocycles. The molecule has 2 aromatic rings. The van der Waals surface area contributed by atoms with E-state index < -0.39 is 0 Å². The molecule has 3 nitrogen and oxygen atoms in total. The van der Waals surface area contributed by atoms with Gasteiger partial charge in [-0.15, -0.1) is 0 Å². The van der Waals surface area contributed by atoms with Gasteiger partial charge in [0.15, 0.2) is 0 Å². The highest BCUT2D eigenvalue weighted by atomic mass is 16.6. The molecule has 0 heterocycles. The normalized spacial score (nSPS) is 10.6. The van der Waals surface area contributed by atoms with Crippen LogP contribution in [0, 0.1) is 0 Å². The van der Waals surface area contributed by atoms with Crippen molar-refractivity contribution in [1.82, 2.24) is 0 Å². The Labute approximate surface area is 107 Å². The Morgan fingerprint density at radius 1 is 0.944 bits per heavy atom. The number of ether oxygens (including phenoxy) is 1. The van der Waals surface area contributed by atoms with Gasteiger partial charge in [0.25, 0.3) is 0 Å². The van der Waals surface area contributed by atoms with E-state index in [4.69, 9.17) is 9.57 Å². The third-order valence-corrected chi connectivity index (χ3v) is 2.66. The Balaban J connectivity index is 2.39. The number of nitrogens with zero attached hydrogens (tertiary/aromatic N) is 1. The lowest BCUT2D eigenvalue weighted by molar-refractivity contribution is 0.215. The first kappa shape index (κ1) is 12.2. The minimum Gasteiger partial charge on any atom is -0.497 e. The summed E-state index contributed by atoms with van der Waals surface area (Å²) in [5, 5.41) is 3.81. The predicted molar refractivity (Wildman–Crippen MR) is 73.0 cm³/mol. The van der Waals surface area contributed by atoms with Crippen LogP contribution in [0.4, 0.5) is 0 Å². The van der Waals surface area contributed by atoms with E-state index in [0.29, 0.717) is 0 Å². The number of benzene rings is 2. The molecule has 0 spiro atoms. The summed E-state index contributed by atoms with van der Waals surface area (Å²) in [4.78, 5) is 4.72. The van der Waals surface area contributed by atoms with E-state index in [1.54, 1.807) is 13.3 Å². The van der Waals surface area contributed by atoms with E-state index in [-0.39, 0.29) is 0 Å². The van der Waals surface area contributed by atoms with Crippen molar-refractivity contribution in [2.75, 3.05) is 14.2 Å². The van der Waals surface area contributed by atoms with Crippen LogP contribution in [0.1, 0.15) is 5.56 Å². The molecule has 0 bridgehead atoms. The van der Waals surface area contributed by atoms with Crippen molar-refractivity contribution in [2.24, 2.45) is 5.16 Å². The number of oxime groups is 1.